The van der Waals surface area contributed by atoms with Gasteiger partial charge in [-0.1, -0.05) is 0 Å². The Morgan fingerprint density at radius 1 is 1.44 bits per heavy atom. The van der Waals surface area contributed by atoms with E-state index < -0.39 is 12.0 Å². The Morgan fingerprint density at radius 3 is 2.50 bits per heavy atom. The minimum Gasteiger partial charge on any atom is -0.467 e. The Morgan fingerprint density at radius 2 is 2.06 bits per heavy atom. The van der Waals surface area contributed by atoms with Gasteiger partial charge in [-0.3, -0.25) is 4.79 Å². The summed E-state index contributed by atoms with van der Waals surface area (Å²) in [6, 6.07) is -0.607. The van der Waals surface area contributed by atoms with Crippen molar-refractivity contribution >= 4 is 11.9 Å². The number of methoxy groups -OCH3 is 1. The molecule has 16 heavy (non-hydrogen) atoms. The fourth-order valence-electron chi connectivity index (χ4n) is 1.27. The van der Waals surface area contributed by atoms with E-state index >= 15 is 0 Å². The molecule has 0 aliphatic carbocycles. The minimum absolute atomic E-state index is 0.239. The molecule has 0 aromatic rings. The van der Waals surface area contributed by atoms with Crippen molar-refractivity contribution < 1.29 is 14.3 Å². The molecule has 0 heterocycles. The van der Waals surface area contributed by atoms with Crippen LogP contribution in [0, 0.1) is 0 Å². The van der Waals surface area contributed by atoms with E-state index in [1.165, 1.54) is 14.0 Å². The number of rotatable bonds is 7. The number of carbonyl (C=O) groups is 2. The molecule has 0 bridgehead atoms. The van der Waals surface area contributed by atoms with Crippen LogP contribution in [-0.2, 0) is 14.3 Å². The second-order valence-electron chi connectivity index (χ2n) is 3.64. The van der Waals surface area contributed by atoms with Crippen LogP contribution in [0.5, 0.6) is 0 Å². The summed E-state index contributed by atoms with van der Waals surface area (Å²) < 4.78 is 4.62. The van der Waals surface area contributed by atoms with Crippen molar-refractivity contribution in [3.05, 3.63) is 0 Å². The number of ether oxygens (including phenoxy) is 1. The number of likely N-dealkylation sites (N-methyl/N-ethyl adjacent to an activating group) is 2. The fourth-order valence-corrected chi connectivity index (χ4v) is 1.27. The quantitative estimate of drug-likeness (QED) is 0.539. The predicted molar refractivity (Wildman–Crippen MR) is 61.0 cm³/mol. The molecule has 2 N–H and O–H groups in total. The highest BCUT2D eigenvalue weighted by Gasteiger charge is 2.21. The minimum atomic E-state index is -0.607. The summed E-state index contributed by atoms with van der Waals surface area (Å²) in [5.74, 6) is -0.663. The van der Waals surface area contributed by atoms with Crippen molar-refractivity contribution in [3.8, 4) is 0 Å². The van der Waals surface area contributed by atoms with Crippen LogP contribution in [0.15, 0.2) is 0 Å². The summed E-state index contributed by atoms with van der Waals surface area (Å²) >= 11 is 0. The van der Waals surface area contributed by atoms with Gasteiger partial charge >= 0.3 is 5.97 Å². The van der Waals surface area contributed by atoms with Crippen LogP contribution in [-0.4, -0.2) is 63.7 Å². The molecule has 6 heteroatoms. The van der Waals surface area contributed by atoms with Gasteiger partial charge in [0.05, 0.1) is 7.11 Å². The number of carbonyl (C=O) groups excluding carboxylic acids is 2. The number of nitrogens with one attached hydrogen (secondary N) is 2. The lowest BCUT2D eigenvalue weighted by molar-refractivity contribution is -0.145. The highest BCUT2D eigenvalue weighted by Crippen LogP contribution is 1.93. The third-order valence-corrected chi connectivity index (χ3v) is 2.10. The Balaban J connectivity index is 4.19. The monoisotopic (exact) mass is 231 g/mol. The van der Waals surface area contributed by atoms with Gasteiger partial charge in [0, 0.05) is 26.6 Å². The average molecular weight is 231 g/mol. The first-order valence-corrected chi connectivity index (χ1v) is 5.19. The molecule has 6 nitrogen and oxygen atoms in total. The number of hydrogen-bond donors (Lipinski definition) is 2. The normalized spacial score (nSPS) is 12.3. The molecule has 1 amide bonds. The maximum absolute atomic E-state index is 11.4. The average Bonchev–Trinajstić information content (AvgIpc) is 2.23. The van der Waals surface area contributed by atoms with Crippen LogP contribution in [0.2, 0.25) is 0 Å². The van der Waals surface area contributed by atoms with E-state index in [2.05, 4.69) is 15.4 Å². The number of amides is 1. The van der Waals surface area contributed by atoms with Gasteiger partial charge < -0.3 is 20.3 Å². The lowest BCUT2D eigenvalue weighted by Crippen LogP contribution is -2.48. The van der Waals surface area contributed by atoms with Crippen LogP contribution in [0.25, 0.3) is 0 Å². The SMILES string of the molecule is CNCCN(C)CC(NC(C)=O)C(=O)OC. The highest BCUT2D eigenvalue weighted by atomic mass is 16.5. The Hall–Kier alpha value is -1.14. The molecule has 1 unspecified atom stereocenters. The van der Waals surface area contributed by atoms with E-state index in [0.29, 0.717) is 6.54 Å². The summed E-state index contributed by atoms with van der Waals surface area (Å²) in [7, 11) is 5.05. The van der Waals surface area contributed by atoms with Gasteiger partial charge in [0.1, 0.15) is 6.04 Å². The van der Waals surface area contributed by atoms with Crippen molar-refractivity contribution in [2.45, 2.75) is 13.0 Å². The molecule has 0 saturated heterocycles. The van der Waals surface area contributed by atoms with Crippen LogP contribution in [0.4, 0.5) is 0 Å². The Bertz CT molecular complexity index is 233. The Kier molecular flexibility index (Phi) is 7.49. The van der Waals surface area contributed by atoms with Crippen molar-refractivity contribution in [3.63, 3.8) is 0 Å². The molecule has 94 valence electrons. The summed E-state index contributed by atoms with van der Waals surface area (Å²) in [6.07, 6.45) is 0. The van der Waals surface area contributed by atoms with Crippen molar-refractivity contribution in [1.82, 2.24) is 15.5 Å². The molecule has 0 spiro atoms. The topological polar surface area (TPSA) is 70.7 Å². The van der Waals surface area contributed by atoms with E-state index in [-0.39, 0.29) is 5.91 Å². The van der Waals surface area contributed by atoms with Gasteiger partial charge in [0.15, 0.2) is 0 Å². The van der Waals surface area contributed by atoms with Crippen LogP contribution < -0.4 is 10.6 Å². The molecule has 1 atom stereocenters. The number of nitrogens with zero attached hydrogens (tertiary/aromatic N) is 1. The van der Waals surface area contributed by atoms with E-state index in [9.17, 15) is 9.59 Å². The van der Waals surface area contributed by atoms with Crippen molar-refractivity contribution in [2.75, 3.05) is 40.8 Å². The van der Waals surface area contributed by atoms with E-state index in [1.54, 1.807) is 0 Å². The lowest BCUT2D eigenvalue weighted by Gasteiger charge is -2.22. The third-order valence-electron chi connectivity index (χ3n) is 2.10. The first-order chi connectivity index (χ1) is 7.51. The standard InChI is InChI=1S/C10H21N3O3/c1-8(14)12-9(10(15)16-4)7-13(3)6-5-11-2/h9,11H,5-7H2,1-4H3,(H,12,14). The van der Waals surface area contributed by atoms with Crippen molar-refractivity contribution in [1.29, 1.82) is 0 Å². The predicted octanol–water partition coefficient (Wildman–Crippen LogP) is -1.18. The maximum Gasteiger partial charge on any atom is 0.329 e. The molecule has 0 aliphatic rings. The van der Waals surface area contributed by atoms with Gasteiger partial charge in [-0.2, -0.15) is 0 Å². The second kappa shape index (κ2) is 8.06. The van der Waals surface area contributed by atoms with Gasteiger partial charge in [-0.05, 0) is 14.1 Å². The first-order valence-electron chi connectivity index (χ1n) is 5.19. The highest BCUT2D eigenvalue weighted by molar-refractivity contribution is 5.83. The molecular weight excluding hydrogens is 210 g/mol. The smallest absolute Gasteiger partial charge is 0.329 e. The molecule has 0 aromatic heterocycles. The van der Waals surface area contributed by atoms with Crippen molar-refractivity contribution in [2.24, 2.45) is 0 Å². The summed E-state index contributed by atoms with van der Waals surface area (Å²) in [6.45, 7) is 3.44. The van der Waals surface area contributed by atoms with Crippen LogP contribution in [0.1, 0.15) is 6.92 Å². The Labute approximate surface area is 96.3 Å². The van der Waals surface area contributed by atoms with Gasteiger partial charge in [0.2, 0.25) is 5.91 Å². The van der Waals surface area contributed by atoms with E-state index in [0.717, 1.165) is 13.1 Å². The van der Waals surface area contributed by atoms with Gasteiger partial charge in [-0.25, -0.2) is 4.79 Å². The lowest BCUT2D eigenvalue weighted by atomic mass is 10.2. The summed E-state index contributed by atoms with van der Waals surface area (Å²) in [5.41, 5.74) is 0. The molecule has 0 saturated carbocycles. The maximum atomic E-state index is 11.4. The van der Waals surface area contributed by atoms with E-state index in [4.69, 9.17) is 0 Å². The zero-order valence-electron chi connectivity index (χ0n) is 10.4. The van der Waals surface area contributed by atoms with Gasteiger partial charge in [-0.15, -0.1) is 0 Å². The number of esters is 1. The molecule has 0 fully saturated rings. The zero-order valence-corrected chi connectivity index (χ0v) is 10.4. The summed E-state index contributed by atoms with van der Waals surface area (Å²) in [4.78, 5) is 24.3. The molecular formula is C10H21N3O3. The molecule has 0 aliphatic heterocycles. The number of hydrogen-bond acceptors (Lipinski definition) is 5. The van der Waals surface area contributed by atoms with Crippen LogP contribution >= 0.6 is 0 Å². The third kappa shape index (κ3) is 6.36. The molecule has 0 rings (SSSR count). The van der Waals surface area contributed by atoms with Crippen LogP contribution in [0.3, 0.4) is 0 Å². The molecule has 0 radical (unpaired) electrons. The van der Waals surface area contributed by atoms with E-state index in [1.807, 2.05) is 19.0 Å². The summed E-state index contributed by atoms with van der Waals surface area (Å²) in [5, 5.41) is 5.57. The van der Waals surface area contributed by atoms with Gasteiger partial charge in [0.25, 0.3) is 0 Å². The fraction of sp³-hybridized carbons (Fsp3) is 0.800. The first kappa shape index (κ1) is 14.9. The molecule has 0 aromatic carbocycles. The zero-order chi connectivity index (χ0) is 12.6. The largest absolute Gasteiger partial charge is 0.467 e. The second-order valence-corrected chi connectivity index (χ2v) is 3.64.